The summed E-state index contributed by atoms with van der Waals surface area (Å²) in [4.78, 5) is 9.24. The summed E-state index contributed by atoms with van der Waals surface area (Å²) in [6, 6.07) is -19.3. The summed E-state index contributed by atoms with van der Waals surface area (Å²) < 4.78 is 217. The van der Waals surface area contributed by atoms with Crippen LogP contribution in [0.2, 0.25) is 0 Å². The molecule has 46 heavy (non-hydrogen) atoms. The van der Waals surface area contributed by atoms with Gasteiger partial charge in [-0.2, -0.15) is 0 Å². The summed E-state index contributed by atoms with van der Waals surface area (Å²) in [7, 11) is 0. The molecule has 0 atom stereocenters. The van der Waals surface area contributed by atoms with Crippen LogP contribution in [0.4, 0.5) is 0 Å². The Bertz CT molecular complexity index is 4040. The van der Waals surface area contributed by atoms with E-state index < -0.39 is 206 Å². The minimum atomic E-state index is -0.983. The number of benzene rings is 7. The molecule has 2 heterocycles. The highest BCUT2D eigenvalue weighted by Gasteiger charge is 2.27. The second kappa shape index (κ2) is 9.47. The second-order valence-corrected chi connectivity index (χ2v) is 10.4. The molecule has 0 bridgehead atoms. The molecule has 2 aromatic heterocycles. The van der Waals surface area contributed by atoms with E-state index in [-0.39, 0.29) is 38.2 Å². The third-order valence-corrected chi connectivity index (χ3v) is 7.91. The summed E-state index contributed by atoms with van der Waals surface area (Å²) >= 11 is 0. The van der Waals surface area contributed by atoms with Gasteiger partial charge in [-0.25, -0.2) is 9.97 Å². The number of nitrogens with zero attached hydrogens (tertiary/aromatic N) is 3. The highest BCUT2D eigenvalue weighted by atomic mass is 15.1. The fourth-order valence-corrected chi connectivity index (χ4v) is 5.97. The molecule has 10 rings (SSSR count). The maximum Gasteiger partial charge on any atom is 0.165 e. The van der Waals surface area contributed by atoms with E-state index in [9.17, 15) is 13.7 Å². The SMILES string of the molecule is [2H]c1c([2H])c([2H])c(-c2c([2H])c([2H])c([2H])c(-c3nc4c([2H])c([2H])c([2H])c([2H])c4nc3-n3c4c([2H])c([2H])c([2H])c5c4c4c6c(c([2H])c([2H])c(C)c6c([2H])c([2H])c43)-c3c([2H])c([2H])c([2H])c([2H])c3-5)c2[2H])c([2H])c1[2H]. The first kappa shape index (κ1) is 11.4. The third-order valence-electron chi connectivity index (χ3n) is 7.91. The van der Waals surface area contributed by atoms with Gasteiger partial charge in [-0.1, -0.05) is 115 Å². The van der Waals surface area contributed by atoms with Crippen molar-refractivity contribution in [1.29, 1.82) is 0 Å². The lowest BCUT2D eigenvalue weighted by Crippen LogP contribution is -2.04. The molecule has 0 radical (unpaired) electrons. The zero-order valence-electron chi connectivity index (χ0n) is 47.3. The van der Waals surface area contributed by atoms with Gasteiger partial charge in [0, 0.05) is 16.3 Å². The molecule has 0 unspecified atom stereocenters. The Hall–Kier alpha value is -6.06. The topological polar surface area (TPSA) is 30.7 Å². The van der Waals surface area contributed by atoms with E-state index in [2.05, 4.69) is 9.97 Å². The smallest absolute Gasteiger partial charge is 0.165 e. The molecule has 0 N–H and O–H groups in total. The lowest BCUT2D eigenvalue weighted by molar-refractivity contribution is 1.08. The van der Waals surface area contributed by atoms with E-state index in [4.69, 9.17) is 19.2 Å². The Morgan fingerprint density at radius 3 is 1.93 bits per heavy atom. The van der Waals surface area contributed by atoms with Crippen LogP contribution in [0.15, 0.2) is 145 Å². The Kier molecular flexibility index (Phi) is 2.34. The van der Waals surface area contributed by atoms with Crippen LogP contribution in [0, 0.1) is 6.92 Å². The summed E-state index contributed by atoms with van der Waals surface area (Å²) in [6.07, 6.45) is 0. The zero-order valence-corrected chi connectivity index (χ0v) is 23.3. The van der Waals surface area contributed by atoms with Crippen molar-refractivity contribution in [2.24, 2.45) is 0 Å². The first-order valence-electron chi connectivity index (χ1n) is 25.8. The first-order chi connectivity index (χ1) is 32.7. The van der Waals surface area contributed by atoms with E-state index in [0.29, 0.717) is 0 Å². The van der Waals surface area contributed by atoms with Crippen molar-refractivity contribution in [2.75, 3.05) is 0 Å². The van der Waals surface area contributed by atoms with Crippen LogP contribution < -0.4 is 0 Å². The lowest BCUT2D eigenvalue weighted by atomic mass is 9.92. The van der Waals surface area contributed by atoms with Gasteiger partial charge >= 0.3 is 0 Å². The molecular weight excluding hydrogens is 558 g/mol. The van der Waals surface area contributed by atoms with Gasteiger partial charge in [0.1, 0.15) is 5.69 Å². The Balaban J connectivity index is 1.55. The molecule has 0 spiro atoms. The van der Waals surface area contributed by atoms with Crippen molar-refractivity contribution in [3.8, 4) is 50.5 Å². The van der Waals surface area contributed by atoms with Crippen molar-refractivity contribution in [3.05, 3.63) is 151 Å². The molecule has 0 amide bonds. The van der Waals surface area contributed by atoms with Gasteiger partial charge in [0.05, 0.1) is 55.0 Å². The molecule has 3 nitrogen and oxygen atoms in total. The molecule has 3 heteroatoms. The van der Waals surface area contributed by atoms with Crippen molar-refractivity contribution >= 4 is 43.6 Å². The van der Waals surface area contributed by atoms with Gasteiger partial charge in [0.15, 0.2) is 5.82 Å². The van der Waals surface area contributed by atoms with Crippen LogP contribution in [0.3, 0.4) is 0 Å². The maximum atomic E-state index is 9.74. The normalized spacial score (nSPS) is 19.3. The molecule has 1 aliphatic rings. The average molecular weight is 610 g/mol. The van der Waals surface area contributed by atoms with Gasteiger partial charge < -0.3 is 0 Å². The largest absolute Gasteiger partial charge is 0.292 e. The Labute approximate surface area is 299 Å². The van der Waals surface area contributed by atoms with Gasteiger partial charge in [0.25, 0.3) is 0 Å². The molecule has 7 aromatic carbocycles. The molecular formula is C43H27N3. The predicted molar refractivity (Wildman–Crippen MR) is 191 cm³/mol. The minimum absolute atomic E-state index is 0.0105. The zero-order chi connectivity index (χ0) is 51.2. The number of fused-ring (bicyclic) bond motifs is 4. The third kappa shape index (κ3) is 3.48. The first-order valence-corrected chi connectivity index (χ1v) is 13.8. The average Bonchev–Trinajstić information content (AvgIpc) is 3.61. The molecule has 0 saturated heterocycles. The molecule has 214 valence electrons. The maximum absolute atomic E-state index is 9.74. The van der Waals surface area contributed by atoms with Crippen LogP contribution in [-0.4, -0.2) is 14.5 Å². The molecule has 0 saturated carbocycles. The fraction of sp³-hybridized carbons (Fsp3) is 0.0233. The number of hydrogen-bond acceptors (Lipinski definition) is 2. The van der Waals surface area contributed by atoms with Crippen LogP contribution in [0.5, 0.6) is 0 Å². The molecule has 9 aromatic rings. The van der Waals surface area contributed by atoms with Crippen molar-refractivity contribution in [1.82, 2.24) is 14.5 Å². The Morgan fingerprint density at radius 2 is 1.11 bits per heavy atom. The predicted octanol–water partition coefficient (Wildman–Crippen LogP) is 11.2. The van der Waals surface area contributed by atoms with E-state index in [0.717, 1.165) is 4.57 Å². The monoisotopic (exact) mass is 609 g/mol. The highest BCUT2D eigenvalue weighted by Crippen LogP contribution is 2.50. The van der Waals surface area contributed by atoms with Crippen molar-refractivity contribution in [2.45, 2.75) is 6.92 Å². The number of para-hydroxylation sites is 2. The van der Waals surface area contributed by atoms with E-state index in [1.165, 1.54) is 6.92 Å². The number of hydrogen-bond donors (Lipinski definition) is 0. The van der Waals surface area contributed by atoms with E-state index in [1.807, 2.05) is 0 Å². The molecule has 0 aliphatic heterocycles. The molecule has 0 fully saturated rings. The van der Waals surface area contributed by atoms with Gasteiger partial charge in [-0.15, -0.1) is 0 Å². The number of rotatable bonds is 3. The van der Waals surface area contributed by atoms with E-state index >= 15 is 0 Å². The second-order valence-electron chi connectivity index (χ2n) is 10.4. The summed E-state index contributed by atoms with van der Waals surface area (Å²) in [5.41, 5.74) is -6.69. The van der Waals surface area contributed by atoms with Gasteiger partial charge in [-0.05, 0) is 86.9 Å². The number of aryl methyl sites for hydroxylation is 1. The van der Waals surface area contributed by atoms with Crippen LogP contribution in [0.25, 0.3) is 94.1 Å². The van der Waals surface area contributed by atoms with Crippen molar-refractivity contribution in [3.63, 3.8) is 0 Å². The quantitative estimate of drug-likeness (QED) is 0.199. The van der Waals surface area contributed by atoms with Crippen molar-refractivity contribution < 1.29 is 32.9 Å². The van der Waals surface area contributed by atoms with Gasteiger partial charge in [-0.3, -0.25) is 4.57 Å². The summed E-state index contributed by atoms with van der Waals surface area (Å²) in [5, 5.41) is -0.732. The van der Waals surface area contributed by atoms with Crippen LogP contribution >= 0.6 is 0 Å². The summed E-state index contributed by atoms with van der Waals surface area (Å²) in [5.74, 6) is -0.718. The summed E-state index contributed by atoms with van der Waals surface area (Å²) in [6.45, 7) is 1.40. The van der Waals surface area contributed by atoms with Crippen LogP contribution in [0.1, 0.15) is 38.5 Å². The van der Waals surface area contributed by atoms with Crippen LogP contribution in [-0.2, 0) is 0 Å². The Morgan fingerprint density at radius 1 is 0.478 bits per heavy atom. The fourth-order valence-electron chi connectivity index (χ4n) is 5.97. The van der Waals surface area contributed by atoms with E-state index in [1.54, 1.807) is 0 Å². The lowest BCUT2D eigenvalue weighted by Gasteiger charge is -2.16. The highest BCUT2D eigenvalue weighted by molar-refractivity contribution is 6.30. The standard InChI is InChI=1S/C43H27N3/c1-26-21-22-34-32-16-6-5-15-31(32)33-17-10-20-37-40(33)41-38(24-23-30(26)39(34)41)46(37)43-42(44-35-18-7-8-19-36(35)45-43)29-14-9-13-28(25-29)27-11-3-2-4-12-27/h2-25H,1H3/i2D,3D,4D,5D,6D,7D,8D,9D,10D,11D,12D,13D,14D,15D,16D,17D,18D,19D,20D,21D,22D,23D,24D,25D. The molecule has 1 aliphatic carbocycles. The number of aromatic nitrogens is 3. The minimum Gasteiger partial charge on any atom is -0.292 e. The van der Waals surface area contributed by atoms with Gasteiger partial charge in [0.2, 0.25) is 0 Å².